The Labute approximate surface area is 176 Å². The number of fused-ring (bicyclic) bond motifs is 1. The first-order valence-electron chi connectivity index (χ1n) is 8.11. The topological polar surface area (TPSA) is 57.6 Å². The van der Waals surface area contributed by atoms with Crippen molar-refractivity contribution >= 4 is 39.1 Å². The van der Waals surface area contributed by atoms with Crippen molar-refractivity contribution in [3.8, 4) is 0 Å². The highest BCUT2D eigenvalue weighted by Crippen LogP contribution is 2.51. The summed E-state index contributed by atoms with van der Waals surface area (Å²) in [6, 6.07) is 6.92. The molecule has 0 bridgehead atoms. The van der Waals surface area contributed by atoms with Crippen LogP contribution in [0.2, 0.25) is 5.02 Å². The van der Waals surface area contributed by atoms with Crippen molar-refractivity contribution < 1.29 is 39.9 Å². The second-order valence-electron chi connectivity index (χ2n) is 6.27. The van der Waals surface area contributed by atoms with Gasteiger partial charge in [0.25, 0.3) is 15.6 Å². The van der Waals surface area contributed by atoms with Crippen LogP contribution in [-0.4, -0.2) is 38.2 Å². The number of rotatable bonds is 3. The third-order valence-electron chi connectivity index (χ3n) is 4.42. The summed E-state index contributed by atoms with van der Waals surface area (Å²) in [7, 11) is -4.14. The molecule has 0 atom stereocenters. The minimum Gasteiger partial charge on any atom is -0.369 e. The summed E-state index contributed by atoms with van der Waals surface area (Å²) in [5.41, 5.74) is -6.62. The maximum absolute atomic E-state index is 13.1. The third kappa shape index (κ3) is 3.74. The van der Waals surface area contributed by atoms with E-state index in [1.54, 1.807) is 0 Å². The van der Waals surface area contributed by atoms with Crippen LogP contribution in [0.15, 0.2) is 52.3 Å². The number of hydrogen-bond acceptors (Lipinski definition) is 4. The maximum Gasteiger partial charge on any atom is 0.430 e. The molecule has 30 heavy (non-hydrogen) atoms. The van der Waals surface area contributed by atoms with Gasteiger partial charge in [0.1, 0.15) is 0 Å². The summed E-state index contributed by atoms with van der Waals surface area (Å²) in [5, 5.41) is 9.87. The van der Waals surface area contributed by atoms with Gasteiger partial charge in [0.05, 0.1) is 10.6 Å². The maximum atomic E-state index is 13.1. The van der Waals surface area contributed by atoms with Crippen LogP contribution in [-0.2, 0) is 15.6 Å². The minimum absolute atomic E-state index is 0.0508. The zero-order valence-electron chi connectivity index (χ0n) is 14.6. The van der Waals surface area contributed by atoms with Gasteiger partial charge in [-0.1, -0.05) is 17.7 Å². The van der Waals surface area contributed by atoms with Gasteiger partial charge in [-0.3, -0.25) is 4.31 Å². The van der Waals surface area contributed by atoms with E-state index in [4.69, 9.17) is 11.6 Å². The van der Waals surface area contributed by atoms with Gasteiger partial charge in [-0.25, -0.2) is 8.42 Å². The molecule has 0 radical (unpaired) electrons. The normalized spacial score (nSPS) is 15.8. The molecule has 13 heteroatoms. The van der Waals surface area contributed by atoms with Gasteiger partial charge < -0.3 is 5.11 Å². The number of nitrogens with zero attached hydrogens (tertiary/aromatic N) is 1. The Morgan fingerprint density at radius 2 is 1.53 bits per heavy atom. The van der Waals surface area contributed by atoms with Crippen molar-refractivity contribution in [3.05, 3.63) is 53.1 Å². The molecule has 0 aromatic heterocycles. The Balaban J connectivity index is 2.10. The summed E-state index contributed by atoms with van der Waals surface area (Å²) in [6.07, 6.45) is -12.1. The molecule has 1 aliphatic rings. The highest BCUT2D eigenvalue weighted by atomic mass is 35.5. The number of hydrogen-bond donors (Lipinski definition) is 1. The highest BCUT2D eigenvalue weighted by molar-refractivity contribution is 8.00. The van der Waals surface area contributed by atoms with E-state index in [2.05, 4.69) is 0 Å². The van der Waals surface area contributed by atoms with Crippen molar-refractivity contribution in [1.29, 1.82) is 0 Å². The molecule has 3 rings (SSSR count). The molecule has 4 nitrogen and oxygen atoms in total. The molecule has 1 N–H and O–H groups in total. The van der Waals surface area contributed by atoms with Crippen LogP contribution in [0.3, 0.4) is 0 Å². The van der Waals surface area contributed by atoms with E-state index in [1.165, 1.54) is 24.3 Å². The highest BCUT2D eigenvalue weighted by Gasteiger charge is 2.71. The van der Waals surface area contributed by atoms with Crippen LogP contribution < -0.4 is 4.31 Å². The van der Waals surface area contributed by atoms with E-state index in [1.807, 2.05) is 0 Å². The number of anilines is 1. The first kappa shape index (κ1) is 23.0. The average molecular weight is 492 g/mol. The first-order valence-corrected chi connectivity index (χ1v) is 10.9. The Morgan fingerprint density at radius 1 is 0.967 bits per heavy atom. The average Bonchev–Trinajstić information content (AvgIpc) is 2.65. The van der Waals surface area contributed by atoms with Gasteiger partial charge in [0.15, 0.2) is 0 Å². The van der Waals surface area contributed by atoms with Crippen LogP contribution in [0.1, 0.15) is 5.56 Å². The Hall–Kier alpha value is -1.63. The Kier molecular flexibility index (Phi) is 5.76. The fraction of sp³-hybridized carbons (Fsp3) is 0.294. The van der Waals surface area contributed by atoms with Crippen LogP contribution in [0.5, 0.6) is 0 Å². The van der Waals surface area contributed by atoms with E-state index < -0.39 is 33.5 Å². The zero-order chi connectivity index (χ0) is 22.5. The van der Waals surface area contributed by atoms with Gasteiger partial charge >= 0.3 is 12.4 Å². The van der Waals surface area contributed by atoms with Crippen molar-refractivity contribution in [3.63, 3.8) is 0 Å². The Bertz CT molecular complexity index is 1040. The van der Waals surface area contributed by atoms with E-state index in [0.29, 0.717) is 12.1 Å². The molecule has 2 aromatic rings. The fourth-order valence-electron chi connectivity index (χ4n) is 2.89. The van der Waals surface area contributed by atoms with Crippen LogP contribution in [0, 0.1) is 0 Å². The number of benzene rings is 2. The predicted octanol–water partition coefficient (Wildman–Crippen LogP) is 4.95. The van der Waals surface area contributed by atoms with E-state index in [9.17, 15) is 39.9 Å². The fourth-order valence-corrected chi connectivity index (χ4v) is 5.71. The molecule has 0 fully saturated rings. The SMILES string of the molecule is O=S(=O)(c1ccc(Cl)cc1)N1CCSc2cc(C(O)(C(F)(F)F)C(F)(F)F)ccc21. The van der Waals surface area contributed by atoms with E-state index in [0.717, 1.165) is 22.1 Å². The number of aliphatic hydroxyl groups is 1. The van der Waals surface area contributed by atoms with Gasteiger partial charge in [-0.2, -0.15) is 26.3 Å². The second-order valence-corrected chi connectivity index (χ2v) is 9.70. The molecule has 1 heterocycles. The zero-order valence-corrected chi connectivity index (χ0v) is 17.0. The smallest absolute Gasteiger partial charge is 0.369 e. The number of thioether (sulfide) groups is 1. The standard InChI is InChI=1S/C17H12ClF6NO3S2/c18-11-2-4-12(5-3-11)30(27,28)25-7-8-29-14-9-10(1-6-13(14)25)15(26,16(19,20)21)17(22,23)24/h1-6,9,26H,7-8H2. The van der Waals surface area contributed by atoms with Crippen molar-refractivity contribution in [2.75, 3.05) is 16.6 Å². The van der Waals surface area contributed by atoms with Crippen molar-refractivity contribution in [1.82, 2.24) is 0 Å². The molecular weight excluding hydrogens is 480 g/mol. The lowest BCUT2D eigenvalue weighted by Gasteiger charge is -2.35. The van der Waals surface area contributed by atoms with Gasteiger partial charge in [-0.15, -0.1) is 11.8 Å². The molecule has 0 spiro atoms. The van der Waals surface area contributed by atoms with Crippen LogP contribution in [0.25, 0.3) is 0 Å². The third-order valence-corrected chi connectivity index (χ3v) is 7.52. The summed E-state index contributed by atoms with van der Waals surface area (Å²) >= 11 is 6.63. The molecule has 0 unspecified atom stereocenters. The van der Waals surface area contributed by atoms with Gasteiger partial charge in [-0.05, 0) is 36.4 Å². The molecule has 0 saturated carbocycles. The van der Waals surface area contributed by atoms with Crippen molar-refractivity contribution in [2.24, 2.45) is 0 Å². The lowest BCUT2D eigenvalue weighted by Crippen LogP contribution is -2.54. The summed E-state index contributed by atoms with van der Waals surface area (Å²) in [5.74, 6) is 0.0831. The lowest BCUT2D eigenvalue weighted by molar-refractivity contribution is -0.376. The molecule has 0 amide bonds. The minimum atomic E-state index is -6.03. The van der Waals surface area contributed by atoms with Crippen molar-refractivity contribution in [2.45, 2.75) is 27.7 Å². The molecule has 0 saturated heterocycles. The largest absolute Gasteiger partial charge is 0.430 e. The van der Waals surface area contributed by atoms with Gasteiger partial charge in [0.2, 0.25) is 0 Å². The van der Waals surface area contributed by atoms with Gasteiger partial charge in [0, 0.05) is 27.8 Å². The molecule has 1 aliphatic heterocycles. The monoisotopic (exact) mass is 491 g/mol. The summed E-state index contributed by atoms with van der Waals surface area (Å²) in [6.45, 7) is -0.0508. The van der Waals surface area contributed by atoms with Crippen LogP contribution >= 0.6 is 23.4 Å². The number of halogens is 7. The summed E-state index contributed by atoms with van der Waals surface area (Å²) in [4.78, 5) is -0.279. The first-order chi connectivity index (χ1) is 13.7. The number of sulfonamides is 1. The molecule has 0 aliphatic carbocycles. The van der Waals surface area contributed by atoms with Crippen LogP contribution in [0.4, 0.5) is 32.0 Å². The quantitative estimate of drug-likeness (QED) is 0.617. The lowest BCUT2D eigenvalue weighted by atomic mass is 9.92. The van der Waals surface area contributed by atoms with E-state index in [-0.39, 0.29) is 32.8 Å². The second kappa shape index (κ2) is 7.50. The predicted molar refractivity (Wildman–Crippen MR) is 99.2 cm³/mol. The molecule has 164 valence electrons. The molecule has 2 aromatic carbocycles. The summed E-state index contributed by atoms with van der Waals surface area (Å²) < 4.78 is 106. The number of alkyl halides is 6. The Morgan fingerprint density at radius 3 is 2.07 bits per heavy atom. The molecular formula is C17H12ClF6NO3S2. The van der Waals surface area contributed by atoms with E-state index >= 15 is 0 Å².